The zero-order valence-electron chi connectivity index (χ0n) is 9.27. The Bertz CT molecular complexity index is 410. The maximum Gasteiger partial charge on any atom is 0.341 e. The molecule has 0 aliphatic rings. The quantitative estimate of drug-likeness (QED) is 0.334. The van der Waals surface area contributed by atoms with Crippen LogP contribution in [0.5, 0.6) is 0 Å². The van der Waals surface area contributed by atoms with E-state index in [0.29, 0.717) is 0 Å². The van der Waals surface area contributed by atoms with E-state index in [1.165, 1.54) is 13.0 Å². The van der Waals surface area contributed by atoms with Crippen molar-refractivity contribution >= 4 is 17.8 Å². The predicted octanol–water partition coefficient (Wildman–Crippen LogP) is 1.62. The molecule has 0 amide bonds. The van der Waals surface area contributed by atoms with Gasteiger partial charge in [-0.15, -0.1) is 0 Å². The molecule has 84 valence electrons. The second-order valence-electron chi connectivity index (χ2n) is 3.12. The SMILES string of the molecule is CCOC(=O)/C(=C\c1ccncc1)C(C)=O. The number of carbonyl (C=O) groups is 2. The van der Waals surface area contributed by atoms with E-state index in [1.54, 1.807) is 31.5 Å². The fourth-order valence-electron chi connectivity index (χ4n) is 1.14. The first kappa shape index (κ1) is 12.1. The molecule has 4 nitrogen and oxygen atoms in total. The molecule has 0 saturated heterocycles. The molecule has 0 radical (unpaired) electrons. The molecule has 0 N–H and O–H groups in total. The van der Waals surface area contributed by atoms with E-state index in [1.807, 2.05) is 0 Å². The van der Waals surface area contributed by atoms with E-state index in [-0.39, 0.29) is 18.0 Å². The van der Waals surface area contributed by atoms with Crippen LogP contribution in [-0.4, -0.2) is 23.3 Å². The number of pyridine rings is 1. The Hall–Kier alpha value is -1.97. The first-order valence-electron chi connectivity index (χ1n) is 4.95. The predicted molar refractivity (Wildman–Crippen MR) is 59.5 cm³/mol. The normalized spacial score (nSPS) is 11.0. The standard InChI is InChI=1S/C12H13NO3/c1-3-16-12(15)11(9(2)14)8-10-4-6-13-7-5-10/h4-8H,3H2,1-2H3/b11-8-. The fourth-order valence-corrected chi connectivity index (χ4v) is 1.14. The van der Waals surface area contributed by atoms with E-state index in [0.717, 1.165) is 5.56 Å². The lowest BCUT2D eigenvalue weighted by Crippen LogP contribution is -2.13. The van der Waals surface area contributed by atoms with Crippen LogP contribution in [0.1, 0.15) is 19.4 Å². The smallest absolute Gasteiger partial charge is 0.341 e. The Morgan fingerprint density at radius 2 is 2.00 bits per heavy atom. The number of hydrogen-bond donors (Lipinski definition) is 0. The van der Waals surface area contributed by atoms with Crippen LogP contribution >= 0.6 is 0 Å². The highest BCUT2D eigenvalue weighted by atomic mass is 16.5. The van der Waals surface area contributed by atoms with Crippen LogP contribution in [0, 0.1) is 0 Å². The summed E-state index contributed by atoms with van der Waals surface area (Å²) in [6, 6.07) is 3.42. The van der Waals surface area contributed by atoms with Crippen molar-refractivity contribution in [1.29, 1.82) is 0 Å². The molecular weight excluding hydrogens is 206 g/mol. The molecule has 1 rings (SSSR count). The largest absolute Gasteiger partial charge is 0.462 e. The lowest BCUT2D eigenvalue weighted by atomic mass is 10.1. The zero-order chi connectivity index (χ0) is 12.0. The average molecular weight is 219 g/mol. The number of ketones is 1. The van der Waals surface area contributed by atoms with Gasteiger partial charge in [0.2, 0.25) is 0 Å². The number of aromatic nitrogens is 1. The molecule has 0 aliphatic carbocycles. The monoisotopic (exact) mass is 219 g/mol. The van der Waals surface area contributed by atoms with Gasteiger partial charge in [-0.05, 0) is 37.6 Å². The number of nitrogens with zero attached hydrogens (tertiary/aromatic N) is 1. The van der Waals surface area contributed by atoms with Crippen LogP contribution in [0.15, 0.2) is 30.1 Å². The number of Topliss-reactive ketones (excluding diaryl/α,β-unsaturated/α-hetero) is 1. The van der Waals surface area contributed by atoms with Crippen molar-refractivity contribution in [1.82, 2.24) is 4.98 Å². The summed E-state index contributed by atoms with van der Waals surface area (Å²) in [5, 5.41) is 0. The summed E-state index contributed by atoms with van der Waals surface area (Å²) in [4.78, 5) is 26.6. The Labute approximate surface area is 94.0 Å². The van der Waals surface area contributed by atoms with Crippen LogP contribution in [0.3, 0.4) is 0 Å². The third-order valence-electron chi connectivity index (χ3n) is 1.89. The van der Waals surface area contributed by atoms with Gasteiger partial charge in [-0.3, -0.25) is 9.78 Å². The van der Waals surface area contributed by atoms with Crippen LogP contribution in [-0.2, 0) is 14.3 Å². The number of esters is 1. The topological polar surface area (TPSA) is 56.3 Å². The van der Waals surface area contributed by atoms with Crippen LogP contribution in [0.25, 0.3) is 6.08 Å². The molecule has 0 atom stereocenters. The molecule has 16 heavy (non-hydrogen) atoms. The van der Waals surface area contributed by atoms with Crippen LogP contribution in [0.4, 0.5) is 0 Å². The molecule has 1 heterocycles. The molecule has 0 bridgehead atoms. The second-order valence-corrected chi connectivity index (χ2v) is 3.12. The molecule has 0 aliphatic heterocycles. The maximum absolute atomic E-state index is 11.5. The molecule has 0 fully saturated rings. The summed E-state index contributed by atoms with van der Waals surface area (Å²) in [5.74, 6) is -0.901. The van der Waals surface area contributed by atoms with Crippen molar-refractivity contribution in [3.8, 4) is 0 Å². The number of rotatable bonds is 4. The first-order chi connectivity index (χ1) is 7.65. The first-order valence-corrected chi connectivity index (χ1v) is 4.95. The Morgan fingerprint density at radius 1 is 1.38 bits per heavy atom. The summed E-state index contributed by atoms with van der Waals surface area (Å²) >= 11 is 0. The molecule has 0 aromatic carbocycles. The summed E-state index contributed by atoms with van der Waals surface area (Å²) < 4.78 is 4.79. The maximum atomic E-state index is 11.5. The molecule has 4 heteroatoms. The van der Waals surface area contributed by atoms with Gasteiger partial charge in [0, 0.05) is 12.4 Å². The highest BCUT2D eigenvalue weighted by Crippen LogP contribution is 2.08. The van der Waals surface area contributed by atoms with Gasteiger partial charge in [0.1, 0.15) is 5.57 Å². The highest BCUT2D eigenvalue weighted by molar-refractivity contribution is 6.19. The van der Waals surface area contributed by atoms with Crippen molar-refractivity contribution in [2.24, 2.45) is 0 Å². The van der Waals surface area contributed by atoms with Crippen LogP contribution < -0.4 is 0 Å². The van der Waals surface area contributed by atoms with Gasteiger partial charge in [0.05, 0.1) is 6.61 Å². The highest BCUT2D eigenvalue weighted by Gasteiger charge is 2.15. The van der Waals surface area contributed by atoms with Gasteiger partial charge in [0.25, 0.3) is 0 Å². The fraction of sp³-hybridized carbons (Fsp3) is 0.250. The minimum absolute atomic E-state index is 0.0491. The molecule has 1 aromatic heterocycles. The number of carbonyl (C=O) groups excluding carboxylic acids is 2. The third-order valence-corrected chi connectivity index (χ3v) is 1.89. The van der Waals surface area contributed by atoms with Gasteiger partial charge in [0.15, 0.2) is 5.78 Å². The van der Waals surface area contributed by atoms with Crippen molar-refractivity contribution in [3.05, 3.63) is 35.7 Å². The molecular formula is C12H13NO3. The minimum atomic E-state index is -0.591. The van der Waals surface area contributed by atoms with E-state index < -0.39 is 5.97 Å². The van der Waals surface area contributed by atoms with Gasteiger partial charge in [-0.1, -0.05) is 0 Å². The number of ether oxygens (including phenoxy) is 1. The van der Waals surface area contributed by atoms with Crippen molar-refractivity contribution < 1.29 is 14.3 Å². The number of hydrogen-bond acceptors (Lipinski definition) is 4. The molecule has 0 spiro atoms. The minimum Gasteiger partial charge on any atom is -0.462 e. The molecule has 1 aromatic rings. The second kappa shape index (κ2) is 5.80. The lowest BCUT2D eigenvalue weighted by Gasteiger charge is -2.03. The van der Waals surface area contributed by atoms with Crippen LogP contribution in [0.2, 0.25) is 0 Å². The summed E-state index contributed by atoms with van der Waals surface area (Å²) in [6.45, 7) is 3.28. The van der Waals surface area contributed by atoms with Gasteiger partial charge < -0.3 is 4.74 Å². The Morgan fingerprint density at radius 3 is 2.50 bits per heavy atom. The average Bonchev–Trinajstić information content (AvgIpc) is 2.27. The van der Waals surface area contributed by atoms with Gasteiger partial charge >= 0.3 is 5.97 Å². The lowest BCUT2D eigenvalue weighted by molar-refractivity contribution is -0.139. The van der Waals surface area contributed by atoms with Gasteiger partial charge in [-0.25, -0.2) is 4.79 Å². The third kappa shape index (κ3) is 3.31. The Balaban J connectivity index is 2.99. The van der Waals surface area contributed by atoms with E-state index in [4.69, 9.17) is 4.74 Å². The van der Waals surface area contributed by atoms with E-state index in [9.17, 15) is 9.59 Å². The Kier molecular flexibility index (Phi) is 4.39. The van der Waals surface area contributed by atoms with Gasteiger partial charge in [-0.2, -0.15) is 0 Å². The summed E-state index contributed by atoms with van der Waals surface area (Å²) in [6.07, 6.45) is 4.69. The van der Waals surface area contributed by atoms with E-state index in [2.05, 4.69) is 4.98 Å². The molecule has 0 saturated carbocycles. The van der Waals surface area contributed by atoms with Crippen molar-refractivity contribution in [2.45, 2.75) is 13.8 Å². The van der Waals surface area contributed by atoms with Crippen molar-refractivity contribution in [3.63, 3.8) is 0 Å². The van der Waals surface area contributed by atoms with Crippen molar-refractivity contribution in [2.75, 3.05) is 6.61 Å². The zero-order valence-corrected chi connectivity index (χ0v) is 9.27. The summed E-state index contributed by atoms with van der Waals surface area (Å²) in [7, 11) is 0. The summed E-state index contributed by atoms with van der Waals surface area (Å²) in [5.41, 5.74) is 0.793. The molecule has 0 unspecified atom stereocenters. The van der Waals surface area contributed by atoms with E-state index >= 15 is 0 Å².